The lowest BCUT2D eigenvalue weighted by atomic mass is 9.93. The number of aliphatic hydroxyl groups excluding tert-OH is 1. The van der Waals surface area contributed by atoms with Gasteiger partial charge in [0.05, 0.1) is 12.3 Å². The van der Waals surface area contributed by atoms with Crippen molar-refractivity contribution >= 4 is 11.8 Å². The van der Waals surface area contributed by atoms with E-state index in [2.05, 4.69) is 25.3 Å². The van der Waals surface area contributed by atoms with Crippen LogP contribution >= 0.6 is 0 Å². The van der Waals surface area contributed by atoms with Crippen LogP contribution in [0.1, 0.15) is 36.8 Å². The lowest BCUT2D eigenvalue weighted by molar-refractivity contribution is -0.274. The molecular weight excluding hydrogens is 387 g/mol. The summed E-state index contributed by atoms with van der Waals surface area (Å²) in [5.41, 5.74) is 0.552. The molecule has 3 N–H and O–H groups in total. The summed E-state index contributed by atoms with van der Waals surface area (Å²) in [4.78, 5) is 8.34. The van der Waals surface area contributed by atoms with Gasteiger partial charge in [-0.25, -0.2) is 4.98 Å². The molecule has 3 rings (SSSR count). The average molecular weight is 407 g/mol. The van der Waals surface area contributed by atoms with Crippen molar-refractivity contribution in [1.82, 2.24) is 9.97 Å². The molecule has 2 aromatic rings. The van der Waals surface area contributed by atoms with Gasteiger partial charge < -0.3 is 20.5 Å². The Balaban J connectivity index is 1.70. The molecule has 0 atom stereocenters. The highest BCUT2D eigenvalue weighted by Crippen LogP contribution is 2.27. The molecule has 29 heavy (non-hydrogen) atoms. The summed E-state index contributed by atoms with van der Waals surface area (Å²) < 4.78 is 41.7. The highest BCUT2D eigenvalue weighted by molar-refractivity contribution is 5.54. The minimum atomic E-state index is -4.79. The summed E-state index contributed by atoms with van der Waals surface area (Å²) in [6, 6.07) is 7.88. The zero-order valence-corrected chi connectivity index (χ0v) is 15.4. The maximum absolute atomic E-state index is 12.5. The van der Waals surface area contributed by atoms with Gasteiger partial charge in [-0.15, -0.1) is 13.2 Å². The Morgan fingerprint density at radius 1 is 1.21 bits per heavy atom. The van der Waals surface area contributed by atoms with Crippen LogP contribution < -0.4 is 15.4 Å². The summed E-state index contributed by atoms with van der Waals surface area (Å²) in [5.74, 6) is 0.218. The van der Waals surface area contributed by atoms with Crippen LogP contribution in [0.25, 0.3) is 0 Å². The lowest BCUT2D eigenvalue weighted by Gasteiger charge is -2.26. The van der Waals surface area contributed by atoms with E-state index >= 15 is 0 Å². The molecule has 1 aromatic carbocycles. The summed E-state index contributed by atoms with van der Waals surface area (Å²) in [6.07, 6.45) is -0.886. The van der Waals surface area contributed by atoms with Crippen LogP contribution in [0.4, 0.5) is 24.9 Å². The van der Waals surface area contributed by atoms with Crippen LogP contribution in [0, 0.1) is 11.3 Å². The van der Waals surface area contributed by atoms with Gasteiger partial charge in [0.1, 0.15) is 23.2 Å². The molecule has 1 aliphatic carbocycles. The molecular formula is C19H20F3N5O2. The minimum absolute atomic E-state index is 0.00716. The number of benzene rings is 1. The third kappa shape index (κ3) is 5.96. The Morgan fingerprint density at radius 2 is 1.93 bits per heavy atom. The second-order valence-electron chi connectivity index (χ2n) is 6.73. The fraction of sp³-hybridized carbons (Fsp3) is 0.421. The van der Waals surface area contributed by atoms with Gasteiger partial charge in [-0.3, -0.25) is 0 Å². The number of alkyl halides is 3. The van der Waals surface area contributed by atoms with Crippen LogP contribution in [0.15, 0.2) is 30.5 Å². The Kier molecular flexibility index (Phi) is 6.39. The molecule has 0 unspecified atom stereocenters. The number of halogens is 3. The quantitative estimate of drug-likeness (QED) is 0.673. The SMILES string of the molecule is N#Cc1cnc(NCc2ccccc2OC(F)(F)F)nc1N[C@H]1CC[C@@H](O)CC1. The minimum Gasteiger partial charge on any atom is -0.405 e. The number of para-hydroxylation sites is 1. The first-order valence-electron chi connectivity index (χ1n) is 9.13. The smallest absolute Gasteiger partial charge is 0.405 e. The molecule has 1 fully saturated rings. The van der Waals surface area contributed by atoms with Crippen molar-refractivity contribution in [3.8, 4) is 11.8 Å². The monoisotopic (exact) mass is 407 g/mol. The highest BCUT2D eigenvalue weighted by Gasteiger charge is 2.32. The average Bonchev–Trinajstić information content (AvgIpc) is 2.68. The molecule has 1 aromatic heterocycles. The van der Waals surface area contributed by atoms with E-state index in [9.17, 15) is 23.5 Å². The van der Waals surface area contributed by atoms with E-state index in [1.807, 2.05) is 6.07 Å². The number of rotatable bonds is 6. The molecule has 0 bridgehead atoms. The largest absolute Gasteiger partial charge is 0.573 e. The van der Waals surface area contributed by atoms with Crippen LogP contribution in [0.3, 0.4) is 0 Å². The zero-order valence-electron chi connectivity index (χ0n) is 15.4. The first kappa shape index (κ1) is 20.7. The van der Waals surface area contributed by atoms with Crippen LogP contribution in [0.5, 0.6) is 5.75 Å². The standard InChI is InChI=1S/C19H20F3N5O2/c20-19(21,22)29-16-4-2-1-3-12(16)10-24-18-25-11-13(9-23)17(27-18)26-14-5-7-15(28)8-6-14/h1-4,11,14-15,28H,5-8,10H2,(H2,24,25,26,27)/t14-,15+. The fourth-order valence-electron chi connectivity index (χ4n) is 3.12. The molecule has 1 heterocycles. The van der Waals surface area contributed by atoms with Crippen molar-refractivity contribution in [3.63, 3.8) is 0 Å². The molecule has 1 saturated carbocycles. The predicted molar refractivity (Wildman–Crippen MR) is 99.1 cm³/mol. The number of ether oxygens (including phenoxy) is 1. The molecule has 0 saturated heterocycles. The highest BCUT2D eigenvalue weighted by atomic mass is 19.4. The Hall–Kier alpha value is -3.06. The van der Waals surface area contributed by atoms with E-state index in [1.54, 1.807) is 6.07 Å². The van der Waals surface area contributed by atoms with Gasteiger partial charge in [0.25, 0.3) is 0 Å². The number of anilines is 2. The van der Waals surface area contributed by atoms with Crippen molar-refractivity contribution in [1.29, 1.82) is 5.26 Å². The van der Waals surface area contributed by atoms with Crippen LogP contribution in [-0.4, -0.2) is 33.6 Å². The summed E-state index contributed by atoms with van der Waals surface area (Å²) >= 11 is 0. The van der Waals surface area contributed by atoms with Gasteiger partial charge in [0.15, 0.2) is 0 Å². The Morgan fingerprint density at radius 3 is 2.62 bits per heavy atom. The van der Waals surface area contributed by atoms with E-state index in [-0.39, 0.29) is 41.5 Å². The van der Waals surface area contributed by atoms with Crippen molar-refractivity contribution in [3.05, 3.63) is 41.6 Å². The molecule has 10 heteroatoms. The lowest BCUT2D eigenvalue weighted by Crippen LogP contribution is -2.29. The first-order valence-corrected chi connectivity index (χ1v) is 9.13. The topological polar surface area (TPSA) is 103 Å². The first-order chi connectivity index (χ1) is 13.8. The maximum Gasteiger partial charge on any atom is 0.573 e. The van der Waals surface area contributed by atoms with E-state index in [0.29, 0.717) is 18.7 Å². The van der Waals surface area contributed by atoms with E-state index < -0.39 is 6.36 Å². The number of nitrogens with one attached hydrogen (secondary N) is 2. The summed E-state index contributed by atoms with van der Waals surface area (Å²) in [6.45, 7) is 0.00716. The molecule has 154 valence electrons. The molecule has 0 aliphatic heterocycles. The van der Waals surface area contributed by atoms with E-state index in [0.717, 1.165) is 12.8 Å². The van der Waals surface area contributed by atoms with Gasteiger partial charge in [0, 0.05) is 18.2 Å². The van der Waals surface area contributed by atoms with Crippen molar-refractivity contribution < 1.29 is 23.0 Å². The molecule has 0 spiro atoms. The van der Waals surface area contributed by atoms with Crippen molar-refractivity contribution in [2.75, 3.05) is 10.6 Å². The molecule has 7 nitrogen and oxygen atoms in total. The fourth-order valence-corrected chi connectivity index (χ4v) is 3.12. The second kappa shape index (κ2) is 8.96. The van der Waals surface area contributed by atoms with E-state index in [1.165, 1.54) is 24.4 Å². The van der Waals surface area contributed by atoms with Gasteiger partial charge in [-0.2, -0.15) is 10.2 Å². The van der Waals surface area contributed by atoms with Gasteiger partial charge >= 0.3 is 6.36 Å². The van der Waals surface area contributed by atoms with Gasteiger partial charge in [-0.05, 0) is 31.7 Å². The normalized spacial score (nSPS) is 19.3. The zero-order chi connectivity index (χ0) is 20.9. The summed E-state index contributed by atoms with van der Waals surface area (Å²) in [5, 5.41) is 25.0. The molecule has 1 aliphatic rings. The summed E-state index contributed by atoms with van der Waals surface area (Å²) in [7, 11) is 0. The third-order valence-corrected chi connectivity index (χ3v) is 4.58. The Labute approximate surface area is 165 Å². The third-order valence-electron chi connectivity index (χ3n) is 4.58. The molecule has 0 amide bonds. The molecule has 0 radical (unpaired) electrons. The number of aliphatic hydroxyl groups is 1. The van der Waals surface area contributed by atoms with Crippen LogP contribution in [0.2, 0.25) is 0 Å². The number of nitrogens with zero attached hydrogens (tertiary/aromatic N) is 3. The Bertz CT molecular complexity index is 877. The van der Waals surface area contributed by atoms with Crippen molar-refractivity contribution in [2.24, 2.45) is 0 Å². The number of nitriles is 1. The van der Waals surface area contributed by atoms with E-state index in [4.69, 9.17) is 0 Å². The van der Waals surface area contributed by atoms with Gasteiger partial charge in [0.2, 0.25) is 5.95 Å². The second-order valence-corrected chi connectivity index (χ2v) is 6.73. The number of aromatic nitrogens is 2. The maximum atomic E-state index is 12.5. The number of hydrogen-bond donors (Lipinski definition) is 3. The predicted octanol–water partition coefficient (Wildman–Crippen LogP) is 3.57. The van der Waals surface area contributed by atoms with Crippen LogP contribution in [-0.2, 0) is 6.54 Å². The van der Waals surface area contributed by atoms with Crippen molar-refractivity contribution in [2.45, 2.75) is 50.7 Å². The number of hydrogen-bond acceptors (Lipinski definition) is 7. The van der Waals surface area contributed by atoms with Gasteiger partial charge in [-0.1, -0.05) is 18.2 Å².